The van der Waals surface area contributed by atoms with Crippen LogP contribution in [0.15, 0.2) is 23.1 Å². The Balaban J connectivity index is 1.77. The normalized spacial score (nSPS) is 17.2. The van der Waals surface area contributed by atoms with Gasteiger partial charge in [-0.25, -0.2) is 0 Å². The summed E-state index contributed by atoms with van der Waals surface area (Å²) in [5.74, 6) is 2.16. The van der Waals surface area contributed by atoms with E-state index in [4.69, 9.17) is 5.73 Å². The lowest BCUT2D eigenvalue weighted by Crippen LogP contribution is -2.27. The van der Waals surface area contributed by atoms with Crippen LogP contribution in [0.4, 0.5) is 5.69 Å². The SMILES string of the molecule is Cc1cc(N)ccc1SCCC1CCNCC1. The molecule has 0 amide bonds. The van der Waals surface area contributed by atoms with Crippen molar-refractivity contribution in [2.75, 3.05) is 24.6 Å². The highest BCUT2D eigenvalue weighted by Crippen LogP contribution is 2.27. The van der Waals surface area contributed by atoms with E-state index >= 15 is 0 Å². The van der Waals surface area contributed by atoms with Gasteiger partial charge in [0.25, 0.3) is 0 Å². The maximum absolute atomic E-state index is 5.76. The molecule has 1 aromatic rings. The van der Waals surface area contributed by atoms with Crippen molar-refractivity contribution in [2.45, 2.75) is 31.1 Å². The van der Waals surface area contributed by atoms with Crippen molar-refractivity contribution >= 4 is 17.4 Å². The van der Waals surface area contributed by atoms with Gasteiger partial charge >= 0.3 is 0 Å². The molecule has 1 aliphatic heterocycles. The van der Waals surface area contributed by atoms with Crippen molar-refractivity contribution in [1.29, 1.82) is 0 Å². The molecule has 1 saturated heterocycles. The highest BCUT2D eigenvalue weighted by atomic mass is 32.2. The zero-order valence-electron chi connectivity index (χ0n) is 10.5. The number of nitrogens with two attached hydrogens (primary N) is 1. The molecule has 0 aliphatic carbocycles. The van der Waals surface area contributed by atoms with Gasteiger partial charge in [-0.2, -0.15) is 0 Å². The Bertz CT molecular complexity index is 359. The van der Waals surface area contributed by atoms with Crippen LogP contribution in [0, 0.1) is 12.8 Å². The number of nitrogen functional groups attached to an aromatic ring is 1. The average molecular weight is 250 g/mol. The van der Waals surface area contributed by atoms with E-state index in [-0.39, 0.29) is 0 Å². The summed E-state index contributed by atoms with van der Waals surface area (Å²) < 4.78 is 0. The summed E-state index contributed by atoms with van der Waals surface area (Å²) in [6, 6.07) is 6.21. The van der Waals surface area contributed by atoms with Gasteiger partial charge in [0.1, 0.15) is 0 Å². The molecule has 3 N–H and O–H groups in total. The van der Waals surface area contributed by atoms with Gasteiger partial charge in [0, 0.05) is 10.6 Å². The third kappa shape index (κ3) is 3.93. The van der Waals surface area contributed by atoms with E-state index in [1.54, 1.807) is 0 Å². The van der Waals surface area contributed by atoms with Crippen LogP contribution in [0.1, 0.15) is 24.8 Å². The highest BCUT2D eigenvalue weighted by Gasteiger charge is 2.12. The molecule has 0 radical (unpaired) electrons. The fraction of sp³-hybridized carbons (Fsp3) is 0.571. The van der Waals surface area contributed by atoms with Gasteiger partial charge in [0.2, 0.25) is 0 Å². The second-order valence-corrected chi connectivity index (χ2v) is 5.99. The summed E-state index contributed by atoms with van der Waals surface area (Å²) in [6.07, 6.45) is 4.04. The topological polar surface area (TPSA) is 38.0 Å². The van der Waals surface area contributed by atoms with Crippen molar-refractivity contribution in [3.8, 4) is 0 Å². The largest absolute Gasteiger partial charge is 0.399 e. The van der Waals surface area contributed by atoms with Gasteiger partial charge in [-0.1, -0.05) is 0 Å². The van der Waals surface area contributed by atoms with Crippen LogP contribution >= 0.6 is 11.8 Å². The minimum Gasteiger partial charge on any atom is -0.399 e. The van der Waals surface area contributed by atoms with Crippen LogP contribution in [0.25, 0.3) is 0 Å². The number of rotatable bonds is 4. The molecule has 1 heterocycles. The number of piperidine rings is 1. The molecule has 1 aromatic carbocycles. The summed E-state index contributed by atoms with van der Waals surface area (Å²) in [7, 11) is 0. The smallest absolute Gasteiger partial charge is 0.0317 e. The fourth-order valence-electron chi connectivity index (χ4n) is 2.34. The van der Waals surface area contributed by atoms with E-state index in [9.17, 15) is 0 Å². The van der Waals surface area contributed by atoms with Gasteiger partial charge < -0.3 is 11.1 Å². The molecule has 1 fully saturated rings. The third-order valence-corrected chi connectivity index (χ3v) is 4.65. The van der Waals surface area contributed by atoms with Gasteiger partial charge in [0.15, 0.2) is 0 Å². The lowest BCUT2D eigenvalue weighted by Gasteiger charge is -2.22. The number of benzene rings is 1. The number of hydrogen-bond acceptors (Lipinski definition) is 3. The maximum Gasteiger partial charge on any atom is 0.0317 e. The summed E-state index contributed by atoms with van der Waals surface area (Å²) >= 11 is 1.97. The van der Waals surface area contributed by atoms with Crippen molar-refractivity contribution in [3.63, 3.8) is 0 Å². The lowest BCUT2D eigenvalue weighted by atomic mass is 9.96. The first-order chi connectivity index (χ1) is 8.25. The zero-order valence-corrected chi connectivity index (χ0v) is 11.4. The molecular weight excluding hydrogens is 228 g/mol. The molecule has 2 nitrogen and oxygen atoms in total. The second-order valence-electron chi connectivity index (χ2n) is 4.86. The summed E-state index contributed by atoms with van der Waals surface area (Å²) in [5, 5.41) is 3.42. The molecular formula is C14H22N2S. The molecule has 0 unspecified atom stereocenters. The van der Waals surface area contributed by atoms with E-state index in [2.05, 4.69) is 24.4 Å². The molecule has 0 bridgehead atoms. The number of thioether (sulfide) groups is 1. The van der Waals surface area contributed by atoms with Gasteiger partial charge in [-0.15, -0.1) is 11.8 Å². The third-order valence-electron chi connectivity index (χ3n) is 3.44. The van der Waals surface area contributed by atoms with Gasteiger partial charge in [0.05, 0.1) is 0 Å². The van der Waals surface area contributed by atoms with Gasteiger partial charge in [-0.05, 0) is 74.7 Å². The number of hydrogen-bond donors (Lipinski definition) is 2. The van der Waals surface area contributed by atoms with Crippen molar-refractivity contribution in [1.82, 2.24) is 5.32 Å². The minimum absolute atomic E-state index is 0.866. The quantitative estimate of drug-likeness (QED) is 0.637. The molecule has 0 aromatic heterocycles. The maximum atomic E-state index is 5.76. The van der Waals surface area contributed by atoms with Crippen LogP contribution < -0.4 is 11.1 Å². The second kappa shape index (κ2) is 6.31. The van der Waals surface area contributed by atoms with E-state index < -0.39 is 0 Å². The lowest BCUT2D eigenvalue weighted by molar-refractivity contribution is 0.367. The molecule has 0 spiro atoms. The first-order valence-corrected chi connectivity index (χ1v) is 7.44. The Morgan fingerprint density at radius 2 is 2.12 bits per heavy atom. The Morgan fingerprint density at radius 1 is 1.35 bits per heavy atom. The standard InChI is InChI=1S/C14H22N2S/c1-11-10-13(15)2-3-14(11)17-9-6-12-4-7-16-8-5-12/h2-3,10,12,16H,4-9,15H2,1H3. The van der Waals surface area contributed by atoms with E-state index in [1.807, 2.05) is 17.8 Å². The van der Waals surface area contributed by atoms with E-state index in [0.29, 0.717) is 0 Å². The van der Waals surface area contributed by atoms with Crippen LogP contribution in [0.3, 0.4) is 0 Å². The monoisotopic (exact) mass is 250 g/mol. The number of aryl methyl sites for hydroxylation is 1. The Morgan fingerprint density at radius 3 is 2.82 bits per heavy atom. The first kappa shape index (κ1) is 12.8. The highest BCUT2D eigenvalue weighted by molar-refractivity contribution is 7.99. The molecule has 1 aliphatic rings. The molecule has 2 rings (SSSR count). The number of anilines is 1. The van der Waals surface area contributed by atoms with E-state index in [1.165, 1.54) is 48.6 Å². The molecule has 0 atom stereocenters. The first-order valence-electron chi connectivity index (χ1n) is 6.45. The zero-order chi connectivity index (χ0) is 12.1. The molecule has 3 heteroatoms. The van der Waals surface area contributed by atoms with Crippen molar-refractivity contribution in [3.05, 3.63) is 23.8 Å². The Hall–Kier alpha value is -0.670. The van der Waals surface area contributed by atoms with Crippen molar-refractivity contribution < 1.29 is 0 Å². The predicted molar refractivity (Wildman–Crippen MR) is 76.5 cm³/mol. The molecule has 17 heavy (non-hydrogen) atoms. The van der Waals surface area contributed by atoms with Crippen LogP contribution in [-0.4, -0.2) is 18.8 Å². The summed E-state index contributed by atoms with van der Waals surface area (Å²) in [5.41, 5.74) is 7.93. The number of nitrogens with one attached hydrogen (secondary N) is 1. The van der Waals surface area contributed by atoms with Crippen LogP contribution in [-0.2, 0) is 0 Å². The van der Waals surface area contributed by atoms with Crippen LogP contribution in [0.2, 0.25) is 0 Å². The minimum atomic E-state index is 0.866. The fourth-order valence-corrected chi connectivity index (χ4v) is 3.46. The average Bonchev–Trinajstić information content (AvgIpc) is 2.33. The van der Waals surface area contributed by atoms with Crippen molar-refractivity contribution in [2.24, 2.45) is 5.92 Å². The Kier molecular flexibility index (Phi) is 4.75. The van der Waals surface area contributed by atoms with Crippen LogP contribution in [0.5, 0.6) is 0 Å². The predicted octanol–water partition coefficient (Wildman–Crippen LogP) is 3.06. The summed E-state index contributed by atoms with van der Waals surface area (Å²) in [6.45, 7) is 4.55. The van der Waals surface area contributed by atoms with E-state index in [0.717, 1.165) is 11.6 Å². The molecule has 0 saturated carbocycles. The Labute approximate surface area is 108 Å². The summed E-state index contributed by atoms with van der Waals surface area (Å²) in [4.78, 5) is 1.38. The van der Waals surface area contributed by atoms with Gasteiger partial charge in [-0.3, -0.25) is 0 Å². The molecule has 94 valence electrons.